The molecule has 1 unspecified atom stereocenters. The Morgan fingerprint density at radius 2 is 1.87 bits per heavy atom. The molecule has 2 aromatic rings. The smallest absolute Gasteiger partial charge is 0.407 e. The molecule has 2 amide bonds. The average molecular weight is 537 g/mol. The second-order valence-corrected chi connectivity index (χ2v) is 11.1. The molecule has 1 aliphatic carbocycles. The number of carbonyl (C=O) groups is 2. The summed E-state index contributed by atoms with van der Waals surface area (Å²) in [5.41, 5.74) is 4.94. The predicted octanol–water partition coefficient (Wildman–Crippen LogP) is 3.71. The first-order valence-corrected chi connectivity index (χ1v) is 13.8. The quantitative estimate of drug-likeness (QED) is 0.425. The molecule has 0 bridgehead atoms. The third kappa shape index (κ3) is 5.10. The van der Waals surface area contributed by atoms with Crippen molar-refractivity contribution in [3.05, 3.63) is 58.5 Å². The number of fused-ring (bicyclic) bond motifs is 1. The fourth-order valence-electron chi connectivity index (χ4n) is 5.76. The van der Waals surface area contributed by atoms with Gasteiger partial charge in [0.1, 0.15) is 5.75 Å². The zero-order valence-electron chi connectivity index (χ0n) is 22.4. The second kappa shape index (κ2) is 10.2. The molecule has 0 spiro atoms. The van der Waals surface area contributed by atoms with Gasteiger partial charge in [-0.15, -0.1) is 0 Å². The number of aromatic amines is 1. The number of aromatic nitrogens is 1. The predicted molar refractivity (Wildman–Crippen MR) is 143 cm³/mol. The maximum atomic E-state index is 13.5. The Morgan fingerprint density at radius 3 is 2.56 bits per heavy atom. The van der Waals surface area contributed by atoms with E-state index in [1.807, 2.05) is 38.2 Å². The van der Waals surface area contributed by atoms with E-state index in [0.717, 1.165) is 33.8 Å². The molecule has 0 radical (unpaired) electrons. The van der Waals surface area contributed by atoms with Crippen molar-refractivity contribution in [2.24, 2.45) is 5.92 Å². The van der Waals surface area contributed by atoms with Gasteiger partial charge < -0.3 is 39.8 Å². The van der Waals surface area contributed by atoms with Gasteiger partial charge in [-0.2, -0.15) is 0 Å². The molecule has 2 saturated heterocycles. The highest BCUT2D eigenvalue weighted by Crippen LogP contribution is 2.42. The van der Waals surface area contributed by atoms with Gasteiger partial charge >= 0.3 is 6.09 Å². The number of allylic oxidation sites excluding steroid dienone is 1. The van der Waals surface area contributed by atoms with Crippen molar-refractivity contribution in [1.82, 2.24) is 20.5 Å². The highest BCUT2D eigenvalue weighted by molar-refractivity contribution is 6.20. The summed E-state index contributed by atoms with van der Waals surface area (Å²) in [6.07, 6.45) is 4.53. The van der Waals surface area contributed by atoms with Crippen molar-refractivity contribution < 1.29 is 28.9 Å². The van der Waals surface area contributed by atoms with Gasteiger partial charge in [0.05, 0.1) is 37.1 Å². The molecular weight excluding hydrogens is 500 g/mol. The zero-order valence-corrected chi connectivity index (χ0v) is 22.4. The summed E-state index contributed by atoms with van der Waals surface area (Å²) in [6.45, 7) is 6.46. The number of likely N-dealkylation sites (tertiary alicyclic amines) is 1. The summed E-state index contributed by atoms with van der Waals surface area (Å²) < 4.78 is 18.2. The lowest BCUT2D eigenvalue weighted by Crippen LogP contribution is -2.47. The van der Waals surface area contributed by atoms with Gasteiger partial charge in [0.25, 0.3) is 5.91 Å². The largest absolute Gasteiger partial charge is 0.493 e. The van der Waals surface area contributed by atoms with E-state index in [-0.39, 0.29) is 18.0 Å². The van der Waals surface area contributed by atoms with Crippen molar-refractivity contribution in [3.63, 3.8) is 0 Å². The number of nitrogens with one attached hydrogen (secondary N) is 3. The Bertz CT molecular complexity index is 1280. The van der Waals surface area contributed by atoms with E-state index in [4.69, 9.17) is 14.2 Å². The lowest BCUT2D eigenvalue weighted by Gasteiger charge is -2.33. The van der Waals surface area contributed by atoms with Crippen LogP contribution in [-0.2, 0) is 20.1 Å². The topological polar surface area (TPSA) is 125 Å². The molecule has 4 N–H and O–H groups in total. The summed E-state index contributed by atoms with van der Waals surface area (Å²) in [6, 6.07) is 7.80. The van der Waals surface area contributed by atoms with Crippen LogP contribution in [0.1, 0.15) is 68.0 Å². The summed E-state index contributed by atoms with van der Waals surface area (Å²) in [5.74, 6) is 0.432. The van der Waals surface area contributed by atoms with E-state index in [1.165, 1.54) is 17.7 Å². The van der Waals surface area contributed by atoms with Gasteiger partial charge in [0, 0.05) is 47.7 Å². The molecule has 1 aromatic carbocycles. The number of carboxylic acid groups (broad SMARTS) is 1. The van der Waals surface area contributed by atoms with Gasteiger partial charge in [-0.05, 0) is 69.7 Å². The zero-order chi connectivity index (χ0) is 27.1. The number of hydrogen-bond donors (Lipinski definition) is 4. The normalized spacial score (nSPS) is 22.8. The maximum Gasteiger partial charge on any atom is 0.407 e. The first-order chi connectivity index (χ1) is 18.8. The van der Waals surface area contributed by atoms with E-state index < -0.39 is 11.9 Å². The SMILES string of the molecule is CC1=C(C(=O)NC2CCN(C(=O)O)CC2)c2[nH]ccc2C(c2cc(C3(C)OCCO3)ccc2OCC2CC2)N1. The molecule has 4 aliphatic rings. The summed E-state index contributed by atoms with van der Waals surface area (Å²) in [7, 11) is 0. The second-order valence-electron chi connectivity index (χ2n) is 11.1. The molecule has 3 fully saturated rings. The van der Waals surface area contributed by atoms with Crippen LogP contribution in [0.4, 0.5) is 4.79 Å². The van der Waals surface area contributed by atoms with Gasteiger partial charge in [0.15, 0.2) is 5.79 Å². The van der Waals surface area contributed by atoms with Gasteiger partial charge in [-0.1, -0.05) is 0 Å². The molecule has 1 aromatic heterocycles. The molecule has 3 aliphatic heterocycles. The average Bonchev–Trinajstić information content (AvgIpc) is 3.44. The Kier molecular flexibility index (Phi) is 6.76. The van der Waals surface area contributed by atoms with E-state index in [0.29, 0.717) is 57.2 Å². The van der Waals surface area contributed by atoms with Crippen molar-refractivity contribution in [2.75, 3.05) is 32.9 Å². The first-order valence-electron chi connectivity index (χ1n) is 13.8. The molecule has 39 heavy (non-hydrogen) atoms. The van der Waals surface area contributed by atoms with Crippen LogP contribution >= 0.6 is 0 Å². The number of piperidine rings is 1. The summed E-state index contributed by atoms with van der Waals surface area (Å²) >= 11 is 0. The van der Waals surface area contributed by atoms with Crippen LogP contribution in [0.15, 0.2) is 36.2 Å². The number of rotatable bonds is 7. The third-order valence-electron chi connectivity index (χ3n) is 8.26. The summed E-state index contributed by atoms with van der Waals surface area (Å²) in [4.78, 5) is 29.4. The number of hydrogen-bond acceptors (Lipinski definition) is 6. The maximum absolute atomic E-state index is 13.5. The lowest BCUT2D eigenvalue weighted by molar-refractivity contribution is -0.149. The van der Waals surface area contributed by atoms with E-state index in [1.54, 1.807) is 0 Å². The minimum atomic E-state index is -0.915. The van der Waals surface area contributed by atoms with Crippen LogP contribution in [-0.4, -0.2) is 65.9 Å². The number of ether oxygens (including phenoxy) is 3. The van der Waals surface area contributed by atoms with Gasteiger partial charge in [-0.25, -0.2) is 4.79 Å². The van der Waals surface area contributed by atoms with Crippen molar-refractivity contribution >= 4 is 17.6 Å². The molecule has 4 heterocycles. The lowest BCUT2D eigenvalue weighted by atomic mass is 9.89. The van der Waals surface area contributed by atoms with Crippen molar-refractivity contribution in [1.29, 1.82) is 0 Å². The van der Waals surface area contributed by atoms with Gasteiger partial charge in [-0.3, -0.25) is 4.79 Å². The number of benzene rings is 1. The van der Waals surface area contributed by atoms with E-state index in [2.05, 4.69) is 21.7 Å². The van der Waals surface area contributed by atoms with Crippen LogP contribution in [0.5, 0.6) is 5.75 Å². The van der Waals surface area contributed by atoms with E-state index >= 15 is 0 Å². The number of amides is 2. The van der Waals surface area contributed by atoms with Crippen LogP contribution in [0.2, 0.25) is 0 Å². The molecule has 208 valence electrons. The van der Waals surface area contributed by atoms with Gasteiger partial charge in [0.2, 0.25) is 0 Å². The first kappa shape index (κ1) is 25.8. The standard InChI is InChI=1S/C29H36N4O6/c1-17-24(27(34)32-20-8-11-33(12-9-20)28(35)36)26-21(7-10-30-26)25(31-17)22-15-19(29(2)38-13-14-39-29)5-6-23(22)37-16-18-3-4-18/h5-7,10,15,18,20,25,30-31H,3-4,8-9,11-14,16H2,1-2H3,(H,32,34)(H,35,36). The van der Waals surface area contributed by atoms with Crippen molar-refractivity contribution in [3.8, 4) is 5.75 Å². The Balaban J connectivity index is 1.28. The Morgan fingerprint density at radius 1 is 1.13 bits per heavy atom. The highest BCUT2D eigenvalue weighted by Gasteiger charge is 2.37. The molecule has 6 rings (SSSR count). The third-order valence-corrected chi connectivity index (χ3v) is 8.26. The Hall–Kier alpha value is -3.50. The summed E-state index contributed by atoms with van der Waals surface area (Å²) in [5, 5.41) is 15.9. The van der Waals surface area contributed by atoms with Crippen LogP contribution in [0.3, 0.4) is 0 Å². The molecule has 1 atom stereocenters. The fourth-order valence-corrected chi connectivity index (χ4v) is 5.76. The number of nitrogens with zero attached hydrogens (tertiary/aromatic N) is 1. The molecular formula is C29H36N4O6. The van der Waals surface area contributed by atoms with Crippen LogP contribution in [0.25, 0.3) is 5.57 Å². The molecule has 10 nitrogen and oxygen atoms in total. The minimum absolute atomic E-state index is 0.0733. The monoisotopic (exact) mass is 536 g/mol. The minimum Gasteiger partial charge on any atom is -0.493 e. The van der Waals surface area contributed by atoms with Crippen molar-refractivity contribution in [2.45, 2.75) is 57.4 Å². The Labute approximate surface area is 227 Å². The highest BCUT2D eigenvalue weighted by atomic mass is 16.7. The number of H-pyrrole nitrogens is 1. The molecule has 1 saturated carbocycles. The van der Waals surface area contributed by atoms with Crippen LogP contribution < -0.4 is 15.4 Å². The van der Waals surface area contributed by atoms with E-state index in [9.17, 15) is 14.7 Å². The number of carbonyl (C=O) groups excluding carboxylic acids is 1. The fraction of sp³-hybridized carbons (Fsp3) is 0.517. The molecule has 10 heteroatoms. The van der Waals surface area contributed by atoms with Crippen LogP contribution in [0, 0.1) is 5.92 Å².